The van der Waals surface area contributed by atoms with Gasteiger partial charge in [-0.3, -0.25) is 8.80 Å². The molecule has 0 radical (unpaired) electrons. The zero-order valence-electron chi connectivity index (χ0n) is 24.7. The molecule has 44 heavy (non-hydrogen) atoms. The maximum atomic E-state index is 13.8. The van der Waals surface area contributed by atoms with Gasteiger partial charge < -0.3 is 4.74 Å². The molecule has 4 aromatic heterocycles. The number of methoxy groups -OCH3 is 1. The molecule has 0 bridgehead atoms. The van der Waals surface area contributed by atoms with Crippen LogP contribution in [0.25, 0.3) is 44.5 Å². The molecule has 0 saturated heterocycles. The highest BCUT2D eigenvalue weighted by Crippen LogP contribution is 2.34. The SMILES string of the molecule is CCCc1nc(C)c2c(OC)nc3ccc(F)cc3n12.Cc1nc(-c2cc(Cl)ccc2Cl)n2c1c(C)nc1ccc(F)cc12. The molecule has 0 amide bonds. The largest absolute Gasteiger partial charge is 0.479 e. The van der Waals surface area contributed by atoms with Crippen LogP contribution in [0.2, 0.25) is 10.0 Å². The van der Waals surface area contributed by atoms with Gasteiger partial charge in [0, 0.05) is 29.1 Å². The maximum Gasteiger partial charge on any atom is 0.240 e. The van der Waals surface area contributed by atoms with Crippen LogP contribution < -0.4 is 4.74 Å². The van der Waals surface area contributed by atoms with E-state index in [2.05, 4.69) is 26.9 Å². The molecule has 224 valence electrons. The van der Waals surface area contributed by atoms with Crippen LogP contribution in [0.15, 0.2) is 54.6 Å². The van der Waals surface area contributed by atoms with E-state index in [1.807, 2.05) is 29.6 Å². The van der Waals surface area contributed by atoms with Gasteiger partial charge in [-0.15, -0.1) is 0 Å². The first-order valence-electron chi connectivity index (χ1n) is 14.0. The molecule has 7 aromatic rings. The molecular formula is C33H28Cl2F2N6O. The summed E-state index contributed by atoms with van der Waals surface area (Å²) in [6.07, 6.45) is 1.80. The summed E-state index contributed by atoms with van der Waals surface area (Å²) < 4.78 is 36.6. The van der Waals surface area contributed by atoms with E-state index in [9.17, 15) is 8.78 Å². The zero-order chi connectivity index (χ0) is 31.3. The third-order valence-corrected chi connectivity index (χ3v) is 7.99. The van der Waals surface area contributed by atoms with Crippen LogP contribution in [0.3, 0.4) is 0 Å². The molecule has 3 aromatic carbocycles. The van der Waals surface area contributed by atoms with Gasteiger partial charge in [0.15, 0.2) is 0 Å². The second-order valence-corrected chi connectivity index (χ2v) is 11.3. The number of ether oxygens (including phenoxy) is 1. The van der Waals surface area contributed by atoms with E-state index in [4.69, 9.17) is 27.9 Å². The number of imidazole rings is 2. The Labute approximate surface area is 262 Å². The van der Waals surface area contributed by atoms with E-state index in [0.717, 1.165) is 52.3 Å². The molecule has 0 aliphatic carbocycles. The van der Waals surface area contributed by atoms with Crippen LogP contribution in [0.4, 0.5) is 8.78 Å². The minimum absolute atomic E-state index is 0.278. The van der Waals surface area contributed by atoms with E-state index in [-0.39, 0.29) is 11.6 Å². The number of hydrogen-bond donors (Lipinski definition) is 0. The lowest BCUT2D eigenvalue weighted by Gasteiger charge is -2.09. The van der Waals surface area contributed by atoms with E-state index < -0.39 is 0 Å². The Bertz CT molecular complexity index is 2230. The normalized spacial score (nSPS) is 11.5. The van der Waals surface area contributed by atoms with Crippen molar-refractivity contribution in [1.29, 1.82) is 0 Å². The van der Waals surface area contributed by atoms with Crippen molar-refractivity contribution in [1.82, 2.24) is 28.7 Å². The van der Waals surface area contributed by atoms with E-state index >= 15 is 0 Å². The van der Waals surface area contributed by atoms with Crippen LogP contribution in [-0.2, 0) is 6.42 Å². The van der Waals surface area contributed by atoms with Gasteiger partial charge in [-0.2, -0.15) is 0 Å². The predicted octanol–water partition coefficient (Wildman–Crippen LogP) is 8.90. The summed E-state index contributed by atoms with van der Waals surface area (Å²) in [6, 6.07) is 14.3. The lowest BCUT2D eigenvalue weighted by molar-refractivity contribution is 0.403. The standard InChI is InChI=1S/C18H12Cl2FN3.C15H16FN3O/c1-9-17-10(2)23-18(13-7-11(19)3-5-14(13)20)24(17)16-8-12(21)4-6-15(16)22-9;1-4-5-13-17-9(2)14-15(20-3)18-11-7-6-10(16)8-12(11)19(13)14/h3-8H,1-2H3;6-8H,4-5H2,1-3H3. The molecule has 0 fully saturated rings. The first-order valence-corrected chi connectivity index (χ1v) is 14.8. The van der Waals surface area contributed by atoms with Crippen molar-refractivity contribution in [3.05, 3.63) is 99.2 Å². The Hall–Kier alpha value is -4.34. The van der Waals surface area contributed by atoms with E-state index in [1.165, 1.54) is 24.3 Å². The van der Waals surface area contributed by atoms with Gasteiger partial charge >= 0.3 is 0 Å². The molecular weight excluding hydrogens is 605 g/mol. The van der Waals surface area contributed by atoms with Crippen LogP contribution in [0, 0.1) is 32.4 Å². The minimum Gasteiger partial charge on any atom is -0.479 e. The Morgan fingerprint density at radius 1 is 0.727 bits per heavy atom. The Balaban J connectivity index is 0.000000159. The van der Waals surface area contributed by atoms with Crippen molar-refractivity contribution >= 4 is 56.3 Å². The Kier molecular flexibility index (Phi) is 7.86. The summed E-state index contributed by atoms with van der Waals surface area (Å²) in [5, 5.41) is 1.09. The van der Waals surface area contributed by atoms with Crippen molar-refractivity contribution in [3.8, 4) is 17.3 Å². The third-order valence-electron chi connectivity index (χ3n) is 7.42. The van der Waals surface area contributed by atoms with Gasteiger partial charge in [0.2, 0.25) is 5.88 Å². The fraction of sp³-hybridized carbons (Fsp3) is 0.212. The molecule has 0 N–H and O–H groups in total. The summed E-state index contributed by atoms with van der Waals surface area (Å²) in [5.41, 5.74) is 7.59. The summed E-state index contributed by atoms with van der Waals surface area (Å²) in [7, 11) is 1.59. The fourth-order valence-electron chi connectivity index (χ4n) is 5.60. The van der Waals surface area contributed by atoms with Crippen LogP contribution >= 0.6 is 23.2 Å². The summed E-state index contributed by atoms with van der Waals surface area (Å²) in [6.45, 7) is 7.83. The minimum atomic E-state index is -0.330. The van der Waals surface area contributed by atoms with Crippen LogP contribution in [0.1, 0.15) is 36.3 Å². The summed E-state index contributed by atoms with van der Waals surface area (Å²) in [4.78, 5) is 18.3. The van der Waals surface area contributed by atoms with Gasteiger partial charge in [-0.1, -0.05) is 30.1 Å². The number of fused-ring (bicyclic) bond motifs is 6. The zero-order valence-corrected chi connectivity index (χ0v) is 26.2. The number of hydrogen-bond acceptors (Lipinski definition) is 5. The number of aromatic nitrogens is 6. The third kappa shape index (κ3) is 5.10. The molecule has 0 aliphatic heterocycles. The fourth-order valence-corrected chi connectivity index (χ4v) is 5.98. The highest BCUT2D eigenvalue weighted by Gasteiger charge is 2.19. The number of halogens is 4. The van der Waals surface area contributed by atoms with Crippen LogP contribution in [-0.4, -0.2) is 35.8 Å². The number of benzene rings is 3. The molecule has 0 saturated carbocycles. The van der Waals surface area contributed by atoms with Crippen molar-refractivity contribution < 1.29 is 13.5 Å². The first-order chi connectivity index (χ1) is 21.1. The average molecular weight is 634 g/mol. The van der Waals surface area contributed by atoms with Crippen molar-refractivity contribution in [3.63, 3.8) is 0 Å². The maximum absolute atomic E-state index is 13.8. The summed E-state index contributed by atoms with van der Waals surface area (Å²) in [5.74, 6) is 1.45. The highest BCUT2D eigenvalue weighted by atomic mass is 35.5. The second-order valence-electron chi connectivity index (χ2n) is 10.5. The molecule has 11 heteroatoms. The van der Waals surface area contributed by atoms with E-state index in [1.54, 1.807) is 37.4 Å². The first kappa shape index (κ1) is 29.7. The van der Waals surface area contributed by atoms with Gasteiger partial charge in [-0.05, 0) is 69.7 Å². The second kappa shape index (κ2) is 11.6. The molecule has 7 rings (SSSR count). The molecule has 0 unspecified atom stereocenters. The van der Waals surface area contributed by atoms with Gasteiger partial charge in [0.05, 0.1) is 56.8 Å². The predicted molar refractivity (Wildman–Crippen MR) is 171 cm³/mol. The molecule has 0 aliphatic rings. The Morgan fingerprint density at radius 2 is 1.34 bits per heavy atom. The smallest absolute Gasteiger partial charge is 0.240 e. The number of rotatable bonds is 4. The van der Waals surface area contributed by atoms with Crippen molar-refractivity contribution in [2.45, 2.75) is 40.5 Å². The average Bonchev–Trinajstić information content (AvgIpc) is 3.52. The van der Waals surface area contributed by atoms with Crippen molar-refractivity contribution in [2.75, 3.05) is 7.11 Å². The van der Waals surface area contributed by atoms with Gasteiger partial charge in [-0.25, -0.2) is 28.7 Å². The number of aryl methyl sites for hydroxylation is 4. The summed E-state index contributed by atoms with van der Waals surface area (Å²) >= 11 is 12.5. The van der Waals surface area contributed by atoms with Crippen LogP contribution in [0.5, 0.6) is 5.88 Å². The lowest BCUT2D eigenvalue weighted by Crippen LogP contribution is -2.00. The monoisotopic (exact) mass is 632 g/mol. The van der Waals surface area contributed by atoms with Crippen molar-refractivity contribution in [2.24, 2.45) is 0 Å². The topological polar surface area (TPSA) is 69.6 Å². The Morgan fingerprint density at radius 3 is 2.00 bits per heavy atom. The molecule has 0 spiro atoms. The van der Waals surface area contributed by atoms with Gasteiger partial charge in [0.1, 0.15) is 28.8 Å². The van der Waals surface area contributed by atoms with E-state index in [0.29, 0.717) is 43.9 Å². The molecule has 4 heterocycles. The lowest BCUT2D eigenvalue weighted by atomic mass is 10.2. The quantitative estimate of drug-likeness (QED) is 0.194. The molecule has 0 atom stereocenters. The number of nitrogens with zero attached hydrogens (tertiary/aromatic N) is 6. The highest BCUT2D eigenvalue weighted by molar-refractivity contribution is 6.35. The van der Waals surface area contributed by atoms with Gasteiger partial charge in [0.25, 0.3) is 0 Å². The molecule has 7 nitrogen and oxygen atoms in total.